The molecule has 250 valence electrons. The van der Waals surface area contributed by atoms with Crippen molar-refractivity contribution in [3.05, 3.63) is 35.9 Å². The van der Waals surface area contributed by atoms with Crippen molar-refractivity contribution < 1.29 is 38.2 Å². The van der Waals surface area contributed by atoms with E-state index in [1.807, 2.05) is 44.2 Å². The van der Waals surface area contributed by atoms with Crippen molar-refractivity contribution in [1.82, 2.24) is 15.5 Å². The fraction of sp³-hybridized carbons (Fsp3) is 0.667. The van der Waals surface area contributed by atoms with E-state index in [4.69, 9.17) is 14.2 Å². The van der Waals surface area contributed by atoms with E-state index in [1.54, 1.807) is 20.8 Å². The molecule has 12 heteroatoms. The lowest BCUT2D eigenvalue weighted by Crippen LogP contribution is -2.70. The number of hydrogen-bond donors (Lipinski definition) is 2. The van der Waals surface area contributed by atoms with Gasteiger partial charge in [-0.15, -0.1) is 11.8 Å². The van der Waals surface area contributed by atoms with Crippen molar-refractivity contribution in [2.75, 3.05) is 13.2 Å². The molecular formula is C33H49N3O8S. The molecule has 0 saturated carbocycles. The van der Waals surface area contributed by atoms with E-state index in [9.17, 15) is 24.0 Å². The number of alkyl carbamates (subject to hydrolysis) is 1. The zero-order chi connectivity index (χ0) is 33.2. The highest BCUT2D eigenvalue weighted by Crippen LogP contribution is 2.51. The molecule has 2 fully saturated rings. The minimum atomic E-state index is -0.889. The number of amides is 3. The predicted molar refractivity (Wildman–Crippen MR) is 171 cm³/mol. The second-order valence-corrected chi connectivity index (χ2v) is 14.8. The fourth-order valence-electron chi connectivity index (χ4n) is 5.42. The van der Waals surface area contributed by atoms with Crippen molar-refractivity contribution in [2.45, 2.75) is 127 Å². The fourth-order valence-corrected chi connectivity index (χ4v) is 7.04. The highest BCUT2D eigenvalue weighted by molar-refractivity contribution is 8.01. The predicted octanol–water partition coefficient (Wildman–Crippen LogP) is 4.51. The van der Waals surface area contributed by atoms with Gasteiger partial charge in [-0.25, -0.2) is 14.4 Å². The maximum absolute atomic E-state index is 13.1. The lowest BCUT2D eigenvalue weighted by molar-refractivity contribution is -0.166. The molecule has 1 aromatic rings. The first kappa shape index (κ1) is 36.2. The quantitative estimate of drug-likeness (QED) is 0.115. The van der Waals surface area contributed by atoms with Crippen molar-refractivity contribution in [3.63, 3.8) is 0 Å². The molecule has 1 aromatic carbocycles. The summed E-state index contributed by atoms with van der Waals surface area (Å²) in [5, 5.41) is 5.04. The Bertz CT molecular complexity index is 1190. The van der Waals surface area contributed by atoms with Crippen molar-refractivity contribution in [2.24, 2.45) is 0 Å². The molecule has 2 N–H and O–H groups in total. The van der Waals surface area contributed by atoms with Crippen LogP contribution in [0.1, 0.15) is 92.1 Å². The van der Waals surface area contributed by atoms with E-state index in [2.05, 4.69) is 17.6 Å². The van der Waals surface area contributed by atoms with Gasteiger partial charge in [0.1, 0.15) is 42.3 Å². The monoisotopic (exact) mass is 647 g/mol. The Labute approximate surface area is 270 Å². The van der Waals surface area contributed by atoms with Gasteiger partial charge in [0.05, 0.1) is 6.42 Å². The first-order valence-electron chi connectivity index (χ1n) is 15.9. The summed E-state index contributed by atoms with van der Waals surface area (Å²) in [5.74, 6) is -1.83. The van der Waals surface area contributed by atoms with Crippen LogP contribution in [0.2, 0.25) is 0 Å². The van der Waals surface area contributed by atoms with E-state index >= 15 is 0 Å². The topological polar surface area (TPSA) is 140 Å². The largest absolute Gasteiger partial charge is 0.461 e. The number of carbonyl (C=O) groups excluding carboxylic acids is 5. The number of carbonyl (C=O) groups is 5. The first-order chi connectivity index (χ1) is 21.2. The summed E-state index contributed by atoms with van der Waals surface area (Å²) in [6.45, 7) is 10.7. The van der Waals surface area contributed by atoms with Gasteiger partial charge in [0.25, 0.3) is 0 Å². The van der Waals surface area contributed by atoms with Crippen LogP contribution < -0.4 is 10.6 Å². The Morgan fingerprint density at radius 1 is 0.978 bits per heavy atom. The summed E-state index contributed by atoms with van der Waals surface area (Å²) in [5.41, 5.74) is 0.124. The van der Waals surface area contributed by atoms with Crippen LogP contribution in [0.3, 0.4) is 0 Å². The van der Waals surface area contributed by atoms with Crippen molar-refractivity contribution in [1.29, 1.82) is 0 Å². The number of β-lactam (4-membered cyclic amide) rings is 1. The van der Waals surface area contributed by atoms with Gasteiger partial charge in [0.15, 0.2) is 0 Å². The molecule has 0 aromatic heterocycles. The second kappa shape index (κ2) is 16.3. The number of hydrogen-bond acceptors (Lipinski definition) is 9. The molecule has 0 radical (unpaired) electrons. The summed E-state index contributed by atoms with van der Waals surface area (Å²) in [6, 6.07) is 6.80. The van der Waals surface area contributed by atoms with Gasteiger partial charge in [-0.3, -0.25) is 9.59 Å². The van der Waals surface area contributed by atoms with Gasteiger partial charge in [-0.2, -0.15) is 0 Å². The van der Waals surface area contributed by atoms with Crippen LogP contribution in [0.15, 0.2) is 30.3 Å². The molecule has 2 aliphatic heterocycles. The minimum Gasteiger partial charge on any atom is -0.461 e. The number of ether oxygens (including phenoxy) is 3. The third-order valence-corrected chi connectivity index (χ3v) is 9.15. The average molecular weight is 648 g/mol. The van der Waals surface area contributed by atoms with Crippen molar-refractivity contribution >= 4 is 41.6 Å². The summed E-state index contributed by atoms with van der Waals surface area (Å²) in [6.07, 6.45) is 6.00. The number of unbranched alkanes of at least 4 members (excludes halogenated alkanes) is 5. The molecule has 0 spiro atoms. The Hall–Kier alpha value is -3.28. The van der Waals surface area contributed by atoms with E-state index in [0.29, 0.717) is 6.42 Å². The van der Waals surface area contributed by atoms with Crippen LogP contribution in [-0.2, 0) is 39.8 Å². The van der Waals surface area contributed by atoms with Crippen LogP contribution in [0, 0.1) is 0 Å². The van der Waals surface area contributed by atoms with Gasteiger partial charge in [-0.05, 0) is 46.6 Å². The van der Waals surface area contributed by atoms with Gasteiger partial charge in [0, 0.05) is 4.75 Å². The SMILES string of the molecule is CCCCCCCCC(NC(=O)OC(C)(C)C)C(=O)OCCOC(=O)[C@@H]1N2C(=O)[C@@H](NC(=O)Cc3ccccc3)[C@H]2SC1(C)C. The van der Waals surface area contributed by atoms with Gasteiger partial charge >= 0.3 is 18.0 Å². The highest BCUT2D eigenvalue weighted by Gasteiger charge is 2.64. The third kappa shape index (κ3) is 10.6. The van der Waals surface area contributed by atoms with Crippen LogP contribution in [-0.4, -0.2) is 81.8 Å². The molecule has 4 atom stereocenters. The zero-order valence-corrected chi connectivity index (χ0v) is 28.2. The van der Waals surface area contributed by atoms with E-state index in [0.717, 1.165) is 44.1 Å². The lowest BCUT2D eigenvalue weighted by atomic mass is 9.96. The maximum Gasteiger partial charge on any atom is 0.408 e. The molecule has 2 aliphatic rings. The number of nitrogens with zero attached hydrogens (tertiary/aromatic N) is 1. The van der Waals surface area contributed by atoms with Gasteiger partial charge < -0.3 is 29.7 Å². The number of benzene rings is 1. The number of nitrogens with one attached hydrogen (secondary N) is 2. The molecule has 1 unspecified atom stereocenters. The summed E-state index contributed by atoms with van der Waals surface area (Å²) >= 11 is 1.44. The summed E-state index contributed by atoms with van der Waals surface area (Å²) in [7, 11) is 0. The molecule has 2 heterocycles. The number of fused-ring (bicyclic) bond motifs is 1. The molecule has 3 amide bonds. The van der Waals surface area contributed by atoms with Gasteiger partial charge in [-0.1, -0.05) is 75.8 Å². The van der Waals surface area contributed by atoms with Crippen LogP contribution in [0.25, 0.3) is 0 Å². The standard InChI is InChI=1S/C33H49N3O8S/c1-7-8-9-10-11-15-18-23(34-31(41)44-32(2,3)4)29(39)42-19-20-43-30(40)26-33(5,6)45-28-25(27(38)36(26)28)35-24(37)21-22-16-13-12-14-17-22/h12-14,16-17,23,25-26,28H,7-11,15,18-21H2,1-6H3,(H,34,41)(H,35,37)/t23?,25-,26+,28-/m1/s1. The van der Waals surface area contributed by atoms with Crippen molar-refractivity contribution in [3.8, 4) is 0 Å². The second-order valence-electron chi connectivity index (χ2n) is 13.1. The minimum absolute atomic E-state index is 0.155. The molecular weight excluding hydrogens is 598 g/mol. The molecule has 11 nitrogen and oxygen atoms in total. The summed E-state index contributed by atoms with van der Waals surface area (Å²) < 4.78 is 15.5. The number of thioether (sulfide) groups is 1. The Kier molecular flexibility index (Phi) is 13.1. The maximum atomic E-state index is 13.1. The van der Waals surface area contributed by atoms with Crippen LogP contribution in [0.5, 0.6) is 0 Å². The molecule has 2 saturated heterocycles. The third-order valence-electron chi connectivity index (χ3n) is 7.58. The first-order valence-corrected chi connectivity index (χ1v) is 16.8. The Balaban J connectivity index is 1.48. The normalized spacial score (nSPS) is 20.8. The molecule has 0 bridgehead atoms. The van der Waals surface area contributed by atoms with E-state index in [-0.39, 0.29) is 36.8 Å². The Morgan fingerprint density at radius 3 is 2.29 bits per heavy atom. The number of esters is 2. The highest BCUT2D eigenvalue weighted by atomic mass is 32.2. The average Bonchev–Trinajstić information content (AvgIpc) is 3.22. The molecule has 3 rings (SSSR count). The van der Waals surface area contributed by atoms with Crippen LogP contribution in [0.4, 0.5) is 4.79 Å². The zero-order valence-electron chi connectivity index (χ0n) is 27.4. The number of rotatable bonds is 16. The smallest absolute Gasteiger partial charge is 0.408 e. The lowest BCUT2D eigenvalue weighted by Gasteiger charge is -2.43. The Morgan fingerprint density at radius 2 is 1.62 bits per heavy atom. The van der Waals surface area contributed by atoms with Crippen LogP contribution >= 0.6 is 11.8 Å². The van der Waals surface area contributed by atoms with E-state index < -0.39 is 46.5 Å². The van der Waals surface area contributed by atoms with Gasteiger partial charge in [0.2, 0.25) is 11.8 Å². The summed E-state index contributed by atoms with van der Waals surface area (Å²) in [4.78, 5) is 65.5. The molecule has 0 aliphatic carbocycles. The van der Waals surface area contributed by atoms with E-state index in [1.165, 1.54) is 16.7 Å². The molecule has 45 heavy (non-hydrogen) atoms.